The van der Waals surface area contributed by atoms with Crippen LogP contribution in [0.1, 0.15) is 46.5 Å². The summed E-state index contributed by atoms with van der Waals surface area (Å²) < 4.78 is 0. The fourth-order valence-electron chi connectivity index (χ4n) is 1.61. The molecular formula is C11H25N. The molecule has 1 saturated heterocycles. The molecule has 0 aliphatic carbocycles. The van der Waals surface area contributed by atoms with Crippen molar-refractivity contribution in [3.63, 3.8) is 0 Å². The fourth-order valence-corrected chi connectivity index (χ4v) is 1.61. The monoisotopic (exact) mass is 171 g/mol. The Morgan fingerprint density at radius 1 is 1.25 bits per heavy atom. The van der Waals surface area contributed by atoms with Gasteiger partial charge in [-0.15, -0.1) is 0 Å². The number of likely N-dealkylation sites (tertiary alicyclic amines) is 1. The summed E-state index contributed by atoms with van der Waals surface area (Å²) in [4.78, 5) is 2.44. The van der Waals surface area contributed by atoms with Gasteiger partial charge in [0.2, 0.25) is 0 Å². The zero-order chi connectivity index (χ0) is 9.40. The first-order valence-corrected chi connectivity index (χ1v) is 5.43. The average molecular weight is 171 g/mol. The van der Waals surface area contributed by atoms with Crippen molar-refractivity contribution in [1.82, 2.24) is 4.90 Å². The second-order valence-corrected chi connectivity index (χ2v) is 3.89. The van der Waals surface area contributed by atoms with Gasteiger partial charge in [0.1, 0.15) is 0 Å². The SMILES string of the molecule is CCC.CCC1CCCN(C)C1. The maximum Gasteiger partial charge on any atom is 0.000651 e. The minimum absolute atomic E-state index is 0.990. The lowest BCUT2D eigenvalue weighted by Gasteiger charge is -2.28. The molecule has 0 N–H and O–H groups in total. The van der Waals surface area contributed by atoms with Gasteiger partial charge in [-0.1, -0.05) is 33.6 Å². The average Bonchev–Trinajstić information content (AvgIpc) is 2.06. The molecule has 0 bridgehead atoms. The van der Waals surface area contributed by atoms with Crippen LogP contribution in [0, 0.1) is 5.92 Å². The smallest absolute Gasteiger partial charge is 0.000651 e. The lowest BCUT2D eigenvalue weighted by atomic mass is 9.96. The summed E-state index contributed by atoms with van der Waals surface area (Å²) in [6.07, 6.45) is 5.49. The molecule has 0 radical (unpaired) electrons. The van der Waals surface area contributed by atoms with Gasteiger partial charge in [-0.2, -0.15) is 0 Å². The zero-order valence-electron chi connectivity index (χ0n) is 9.27. The van der Waals surface area contributed by atoms with E-state index in [0.29, 0.717) is 0 Å². The van der Waals surface area contributed by atoms with Crippen LogP contribution in [0.5, 0.6) is 0 Å². The topological polar surface area (TPSA) is 3.24 Å². The normalized spacial score (nSPS) is 24.5. The van der Waals surface area contributed by atoms with Gasteiger partial charge in [-0.25, -0.2) is 0 Å². The standard InChI is InChI=1S/C8H17N.C3H8/c1-3-8-5-4-6-9(2)7-8;1-3-2/h8H,3-7H2,1-2H3;3H2,1-2H3. The Morgan fingerprint density at radius 3 is 2.17 bits per heavy atom. The summed E-state index contributed by atoms with van der Waals surface area (Å²) >= 11 is 0. The molecule has 1 unspecified atom stereocenters. The molecule has 0 aromatic rings. The second-order valence-electron chi connectivity index (χ2n) is 3.89. The minimum Gasteiger partial charge on any atom is -0.306 e. The summed E-state index contributed by atoms with van der Waals surface area (Å²) in [5, 5.41) is 0. The van der Waals surface area contributed by atoms with E-state index in [2.05, 4.69) is 32.7 Å². The highest BCUT2D eigenvalue weighted by atomic mass is 15.1. The van der Waals surface area contributed by atoms with Crippen molar-refractivity contribution in [2.24, 2.45) is 5.92 Å². The van der Waals surface area contributed by atoms with Crippen molar-refractivity contribution in [3.8, 4) is 0 Å². The third-order valence-corrected chi connectivity index (χ3v) is 2.30. The molecule has 0 aromatic heterocycles. The first-order valence-electron chi connectivity index (χ1n) is 5.43. The third kappa shape index (κ3) is 5.59. The van der Waals surface area contributed by atoms with Crippen molar-refractivity contribution in [1.29, 1.82) is 0 Å². The second kappa shape index (κ2) is 7.60. The number of nitrogens with zero attached hydrogens (tertiary/aromatic N) is 1. The van der Waals surface area contributed by atoms with Crippen molar-refractivity contribution in [2.75, 3.05) is 20.1 Å². The summed E-state index contributed by atoms with van der Waals surface area (Å²) in [5.74, 6) is 0.990. The summed E-state index contributed by atoms with van der Waals surface area (Å²) in [7, 11) is 2.22. The van der Waals surface area contributed by atoms with Crippen LogP contribution < -0.4 is 0 Å². The van der Waals surface area contributed by atoms with Gasteiger partial charge in [-0.05, 0) is 32.4 Å². The Balaban J connectivity index is 0.000000354. The number of hydrogen-bond donors (Lipinski definition) is 0. The van der Waals surface area contributed by atoms with E-state index in [-0.39, 0.29) is 0 Å². The van der Waals surface area contributed by atoms with E-state index in [4.69, 9.17) is 0 Å². The molecule has 1 nitrogen and oxygen atoms in total. The van der Waals surface area contributed by atoms with Gasteiger partial charge in [0.05, 0.1) is 0 Å². The van der Waals surface area contributed by atoms with E-state index in [1.165, 1.54) is 38.8 Å². The Hall–Kier alpha value is -0.0400. The van der Waals surface area contributed by atoms with Crippen LogP contribution in [0.15, 0.2) is 0 Å². The molecule has 0 saturated carbocycles. The molecular weight excluding hydrogens is 146 g/mol. The van der Waals surface area contributed by atoms with Crippen molar-refractivity contribution in [3.05, 3.63) is 0 Å². The Labute approximate surface area is 78.1 Å². The highest BCUT2D eigenvalue weighted by Crippen LogP contribution is 2.17. The predicted molar refractivity (Wildman–Crippen MR) is 56.5 cm³/mol. The van der Waals surface area contributed by atoms with Crippen LogP contribution in [0.25, 0.3) is 0 Å². The van der Waals surface area contributed by atoms with Crippen LogP contribution in [0.4, 0.5) is 0 Å². The molecule has 1 rings (SSSR count). The van der Waals surface area contributed by atoms with Crippen molar-refractivity contribution in [2.45, 2.75) is 46.5 Å². The van der Waals surface area contributed by atoms with E-state index in [9.17, 15) is 0 Å². The minimum atomic E-state index is 0.990. The Kier molecular flexibility index (Phi) is 7.58. The molecule has 0 spiro atoms. The molecule has 0 aromatic carbocycles. The number of rotatable bonds is 1. The number of piperidine rings is 1. The molecule has 1 aliphatic rings. The number of hydrogen-bond acceptors (Lipinski definition) is 1. The lowest BCUT2D eigenvalue weighted by Crippen LogP contribution is -2.31. The fraction of sp³-hybridized carbons (Fsp3) is 1.00. The highest BCUT2D eigenvalue weighted by Gasteiger charge is 2.14. The molecule has 12 heavy (non-hydrogen) atoms. The Bertz CT molecular complexity index is 91.0. The van der Waals surface area contributed by atoms with Crippen molar-refractivity contribution >= 4 is 0 Å². The van der Waals surface area contributed by atoms with Crippen LogP contribution in [0.3, 0.4) is 0 Å². The maximum atomic E-state index is 2.44. The lowest BCUT2D eigenvalue weighted by molar-refractivity contribution is 0.206. The van der Waals surface area contributed by atoms with Gasteiger partial charge in [0.15, 0.2) is 0 Å². The zero-order valence-corrected chi connectivity index (χ0v) is 9.27. The first kappa shape index (κ1) is 12.0. The molecule has 1 atom stereocenters. The van der Waals surface area contributed by atoms with Crippen LogP contribution in [-0.2, 0) is 0 Å². The molecule has 1 heteroatoms. The predicted octanol–water partition coefficient (Wildman–Crippen LogP) is 3.15. The van der Waals surface area contributed by atoms with Crippen LogP contribution in [0.2, 0.25) is 0 Å². The molecule has 1 heterocycles. The van der Waals surface area contributed by atoms with Gasteiger partial charge < -0.3 is 4.90 Å². The summed E-state index contributed by atoms with van der Waals surface area (Å²) in [6.45, 7) is 9.19. The van der Waals surface area contributed by atoms with Crippen LogP contribution in [-0.4, -0.2) is 25.0 Å². The largest absolute Gasteiger partial charge is 0.306 e. The quantitative estimate of drug-likeness (QED) is 0.586. The highest BCUT2D eigenvalue weighted by molar-refractivity contribution is 4.68. The van der Waals surface area contributed by atoms with Gasteiger partial charge >= 0.3 is 0 Å². The molecule has 0 amide bonds. The van der Waals surface area contributed by atoms with E-state index in [1.54, 1.807) is 0 Å². The van der Waals surface area contributed by atoms with E-state index in [0.717, 1.165) is 5.92 Å². The van der Waals surface area contributed by atoms with E-state index < -0.39 is 0 Å². The molecule has 1 aliphatic heterocycles. The molecule has 1 fully saturated rings. The maximum absolute atomic E-state index is 2.44. The summed E-state index contributed by atoms with van der Waals surface area (Å²) in [6, 6.07) is 0. The van der Waals surface area contributed by atoms with Gasteiger partial charge in [0, 0.05) is 6.54 Å². The summed E-state index contributed by atoms with van der Waals surface area (Å²) in [5.41, 5.74) is 0. The third-order valence-electron chi connectivity index (χ3n) is 2.30. The Morgan fingerprint density at radius 2 is 1.83 bits per heavy atom. The van der Waals surface area contributed by atoms with E-state index >= 15 is 0 Å². The van der Waals surface area contributed by atoms with Gasteiger partial charge in [-0.3, -0.25) is 0 Å². The molecule has 74 valence electrons. The van der Waals surface area contributed by atoms with Crippen LogP contribution >= 0.6 is 0 Å². The first-order chi connectivity index (χ1) is 5.74. The van der Waals surface area contributed by atoms with Gasteiger partial charge in [0.25, 0.3) is 0 Å². The van der Waals surface area contributed by atoms with E-state index in [1.807, 2.05) is 0 Å². The van der Waals surface area contributed by atoms with Crippen molar-refractivity contribution < 1.29 is 0 Å².